The first-order valence-electron chi connectivity index (χ1n) is 11.5. The molecule has 0 aliphatic carbocycles. The van der Waals surface area contributed by atoms with Gasteiger partial charge in [0.1, 0.15) is 17.6 Å². The number of urea groups is 1. The average Bonchev–Trinajstić information content (AvgIpc) is 3.22. The summed E-state index contributed by atoms with van der Waals surface area (Å²) in [6.45, 7) is 1.47. The third-order valence-corrected chi connectivity index (χ3v) is 6.85. The molecular formula is C25H25F3N6O3S. The lowest BCUT2D eigenvalue weighted by molar-refractivity contribution is -0.137. The second-order valence-electron chi connectivity index (χ2n) is 8.69. The fourth-order valence-electron chi connectivity index (χ4n) is 4.26. The minimum Gasteiger partial charge on any atom is -0.375 e. The number of aromatic nitrogens is 2. The molecule has 38 heavy (non-hydrogen) atoms. The van der Waals surface area contributed by atoms with Crippen molar-refractivity contribution >= 4 is 35.1 Å². The number of nitrogens with one attached hydrogen (secondary N) is 3. The molecule has 0 radical (unpaired) electrons. The van der Waals surface area contributed by atoms with Gasteiger partial charge in [-0.1, -0.05) is 12.1 Å². The molecule has 2 atom stereocenters. The largest absolute Gasteiger partial charge is 0.416 e. The summed E-state index contributed by atoms with van der Waals surface area (Å²) in [4.78, 5) is 43.7. The summed E-state index contributed by atoms with van der Waals surface area (Å²) in [5.74, 6) is -0.617. The number of alkyl halides is 3. The molecule has 0 saturated heterocycles. The Morgan fingerprint density at radius 3 is 2.53 bits per heavy atom. The van der Waals surface area contributed by atoms with Crippen LogP contribution in [0.1, 0.15) is 41.1 Å². The van der Waals surface area contributed by atoms with Gasteiger partial charge in [0, 0.05) is 23.5 Å². The molecule has 0 bridgehead atoms. The summed E-state index contributed by atoms with van der Waals surface area (Å²) < 4.78 is 40.3. The van der Waals surface area contributed by atoms with Crippen molar-refractivity contribution in [2.75, 3.05) is 16.9 Å². The quantitative estimate of drug-likeness (QED) is 0.329. The number of hydrogen-bond donors (Lipinski definition) is 4. The molecule has 13 heteroatoms. The minimum absolute atomic E-state index is 0.0208. The molecule has 9 nitrogen and oxygen atoms in total. The monoisotopic (exact) mass is 546 g/mol. The summed E-state index contributed by atoms with van der Waals surface area (Å²) >= 11 is 1.56. The molecule has 0 spiro atoms. The molecule has 1 aliphatic rings. The van der Waals surface area contributed by atoms with Gasteiger partial charge in [0.15, 0.2) is 0 Å². The highest BCUT2D eigenvalue weighted by atomic mass is 32.2. The number of hydrogen-bond acceptors (Lipinski definition) is 6. The van der Waals surface area contributed by atoms with E-state index < -0.39 is 41.3 Å². The van der Waals surface area contributed by atoms with Gasteiger partial charge in [-0.15, -0.1) is 11.8 Å². The first-order valence-corrected chi connectivity index (χ1v) is 12.7. The van der Waals surface area contributed by atoms with E-state index in [9.17, 15) is 27.6 Å². The van der Waals surface area contributed by atoms with Gasteiger partial charge < -0.3 is 21.7 Å². The van der Waals surface area contributed by atoms with E-state index in [2.05, 4.69) is 20.9 Å². The lowest BCUT2D eigenvalue weighted by Gasteiger charge is -2.16. The Hall–Kier alpha value is -4.00. The highest BCUT2D eigenvalue weighted by Crippen LogP contribution is 2.33. The Kier molecular flexibility index (Phi) is 7.67. The van der Waals surface area contributed by atoms with Crippen LogP contribution in [0.2, 0.25) is 0 Å². The van der Waals surface area contributed by atoms with Crippen LogP contribution >= 0.6 is 11.8 Å². The van der Waals surface area contributed by atoms with Crippen molar-refractivity contribution in [3.63, 3.8) is 0 Å². The van der Waals surface area contributed by atoms with Gasteiger partial charge in [-0.05, 0) is 55.1 Å². The van der Waals surface area contributed by atoms with Gasteiger partial charge in [0.25, 0.3) is 5.56 Å². The molecule has 1 aromatic heterocycles. The van der Waals surface area contributed by atoms with Crippen molar-refractivity contribution in [3.05, 3.63) is 81.5 Å². The number of aryl methyl sites for hydroxylation is 1. The second-order valence-corrected chi connectivity index (χ2v) is 9.57. The first-order chi connectivity index (χ1) is 18.0. The van der Waals surface area contributed by atoms with Crippen LogP contribution < -0.4 is 27.2 Å². The van der Waals surface area contributed by atoms with Crippen molar-refractivity contribution in [2.45, 2.75) is 43.0 Å². The Bertz CT molecular complexity index is 1430. The fourth-order valence-corrected chi connectivity index (χ4v) is 4.67. The lowest BCUT2D eigenvalue weighted by atomic mass is 10.1. The summed E-state index contributed by atoms with van der Waals surface area (Å²) in [5, 5.41) is 8.29. The van der Waals surface area contributed by atoms with Crippen molar-refractivity contribution in [3.8, 4) is 0 Å². The number of nitrogens with two attached hydrogens (primary N) is 1. The van der Waals surface area contributed by atoms with Crippen molar-refractivity contribution in [2.24, 2.45) is 5.73 Å². The Morgan fingerprint density at radius 1 is 1.18 bits per heavy atom. The molecule has 0 fully saturated rings. The van der Waals surface area contributed by atoms with Crippen molar-refractivity contribution in [1.82, 2.24) is 14.9 Å². The molecule has 3 aromatic rings. The standard InChI is InChI=1S/C25H25F3N6O3S/c1-13-20(30-12-14-4-3-5-15(10-14)25(26,27)28)23(36)34-19(21(29)35)11-18(22(34)31-13)33-24(37)32-16-6-8-17(38-2)9-7-16/h3-10,18-19,30H,11-12H2,1-2H3,(H2,29,35)(H2,32,33,37). The summed E-state index contributed by atoms with van der Waals surface area (Å²) in [5.41, 5.74) is 5.28. The van der Waals surface area contributed by atoms with E-state index in [-0.39, 0.29) is 30.2 Å². The Morgan fingerprint density at radius 2 is 1.89 bits per heavy atom. The first kappa shape index (κ1) is 27.0. The number of thioether (sulfide) groups is 1. The zero-order chi connectivity index (χ0) is 27.6. The molecule has 2 unspecified atom stereocenters. The maximum atomic E-state index is 13.4. The van der Waals surface area contributed by atoms with E-state index in [1.54, 1.807) is 30.8 Å². The molecule has 1 aliphatic heterocycles. The normalized spacial score (nSPS) is 16.6. The number of halogens is 3. The zero-order valence-electron chi connectivity index (χ0n) is 20.4. The third-order valence-electron chi connectivity index (χ3n) is 6.11. The lowest BCUT2D eigenvalue weighted by Crippen LogP contribution is -2.34. The smallest absolute Gasteiger partial charge is 0.375 e. The van der Waals surface area contributed by atoms with Crippen LogP contribution in [0, 0.1) is 6.92 Å². The van der Waals surface area contributed by atoms with Gasteiger partial charge in [0.05, 0.1) is 17.3 Å². The van der Waals surface area contributed by atoms with E-state index in [0.717, 1.165) is 21.6 Å². The van der Waals surface area contributed by atoms with E-state index in [4.69, 9.17) is 5.73 Å². The zero-order valence-corrected chi connectivity index (χ0v) is 21.2. The summed E-state index contributed by atoms with van der Waals surface area (Å²) in [6.07, 6.45) is -2.54. The molecule has 5 N–H and O–H groups in total. The Labute approximate surface area is 220 Å². The highest BCUT2D eigenvalue weighted by molar-refractivity contribution is 7.98. The molecule has 4 rings (SSSR count). The number of primary amides is 1. The maximum absolute atomic E-state index is 13.4. The molecule has 0 saturated carbocycles. The maximum Gasteiger partial charge on any atom is 0.416 e. The number of rotatable bonds is 7. The molecule has 3 amide bonds. The number of amides is 3. The number of nitrogens with zero attached hydrogens (tertiary/aromatic N) is 2. The topological polar surface area (TPSA) is 131 Å². The van der Waals surface area contributed by atoms with Gasteiger partial charge in [-0.3, -0.25) is 14.2 Å². The van der Waals surface area contributed by atoms with Gasteiger partial charge in [-0.25, -0.2) is 9.78 Å². The van der Waals surface area contributed by atoms with E-state index in [1.165, 1.54) is 12.1 Å². The van der Waals surface area contributed by atoms with Gasteiger partial charge in [0.2, 0.25) is 5.91 Å². The van der Waals surface area contributed by atoms with Crippen LogP contribution in [-0.2, 0) is 17.5 Å². The van der Waals surface area contributed by atoms with E-state index in [1.807, 2.05) is 18.4 Å². The summed E-state index contributed by atoms with van der Waals surface area (Å²) in [7, 11) is 0. The number of carbonyl (C=O) groups excluding carboxylic acids is 2. The van der Waals surface area contributed by atoms with Crippen LogP contribution in [0.3, 0.4) is 0 Å². The predicted octanol–water partition coefficient (Wildman–Crippen LogP) is 4.20. The van der Waals surface area contributed by atoms with E-state index in [0.29, 0.717) is 11.3 Å². The summed E-state index contributed by atoms with van der Waals surface area (Å²) in [6, 6.07) is 9.53. The number of fused-ring (bicyclic) bond motifs is 1. The number of carbonyl (C=O) groups is 2. The van der Waals surface area contributed by atoms with E-state index >= 15 is 0 Å². The van der Waals surface area contributed by atoms with Crippen LogP contribution in [0.5, 0.6) is 0 Å². The Balaban J connectivity index is 1.56. The number of anilines is 2. The fraction of sp³-hybridized carbons (Fsp3) is 0.280. The van der Waals surface area contributed by atoms with Crippen LogP contribution in [0.25, 0.3) is 0 Å². The molecule has 2 heterocycles. The van der Waals surface area contributed by atoms with Crippen LogP contribution in [-0.4, -0.2) is 27.7 Å². The minimum atomic E-state index is -4.50. The van der Waals surface area contributed by atoms with Gasteiger partial charge >= 0.3 is 12.2 Å². The third kappa shape index (κ3) is 5.77. The molecule has 200 valence electrons. The predicted molar refractivity (Wildman–Crippen MR) is 138 cm³/mol. The van der Waals surface area contributed by atoms with Crippen molar-refractivity contribution < 1.29 is 22.8 Å². The highest BCUT2D eigenvalue weighted by Gasteiger charge is 2.38. The van der Waals surface area contributed by atoms with Crippen LogP contribution in [0.4, 0.5) is 29.3 Å². The second kappa shape index (κ2) is 10.8. The van der Waals surface area contributed by atoms with Crippen molar-refractivity contribution in [1.29, 1.82) is 0 Å². The molecular weight excluding hydrogens is 521 g/mol. The SMILES string of the molecule is CSc1ccc(NC(=O)NC2CC(C(N)=O)n3c2nc(C)c(NCc2cccc(C(F)(F)F)c2)c3=O)cc1. The van der Waals surface area contributed by atoms with Crippen LogP contribution in [0.15, 0.2) is 58.2 Å². The average molecular weight is 547 g/mol. The number of benzene rings is 2. The van der Waals surface area contributed by atoms with Gasteiger partial charge in [-0.2, -0.15) is 13.2 Å². The molecule has 2 aromatic carbocycles.